The second-order valence-electron chi connectivity index (χ2n) is 2.43. The molecule has 70 valence electrons. The van der Waals surface area contributed by atoms with Crippen LogP contribution in [0, 0.1) is 5.82 Å². The predicted molar refractivity (Wildman–Crippen MR) is 44.4 cm³/mol. The van der Waals surface area contributed by atoms with E-state index in [9.17, 15) is 4.39 Å². The molecule has 0 spiro atoms. The zero-order chi connectivity index (χ0) is 10.0. The van der Waals surface area contributed by atoms with Gasteiger partial charge in [-0.05, 0) is 17.6 Å². The number of hydrogen-bond acceptors (Lipinski definition) is 4. The third-order valence-corrected chi connectivity index (χ3v) is 1.55. The van der Waals surface area contributed by atoms with Crippen molar-refractivity contribution >= 4 is 12.6 Å². The van der Waals surface area contributed by atoms with E-state index in [2.05, 4.69) is 4.74 Å². The number of halogens is 1. The lowest BCUT2D eigenvalue weighted by Crippen LogP contribution is -2.30. The Labute approximate surface area is 74.4 Å². The van der Waals surface area contributed by atoms with Gasteiger partial charge in [0.25, 0.3) is 0 Å². The summed E-state index contributed by atoms with van der Waals surface area (Å²) < 4.78 is 17.5. The molecule has 1 rings (SSSR count). The van der Waals surface area contributed by atoms with Crippen LogP contribution in [0.15, 0.2) is 12.1 Å². The fraction of sp³-hybridized carbons (Fsp3) is 0.143. The van der Waals surface area contributed by atoms with Crippen LogP contribution in [0.2, 0.25) is 0 Å². The second-order valence-corrected chi connectivity index (χ2v) is 2.43. The van der Waals surface area contributed by atoms with Crippen molar-refractivity contribution in [3.05, 3.63) is 17.9 Å². The van der Waals surface area contributed by atoms with E-state index in [-0.39, 0.29) is 11.2 Å². The third kappa shape index (κ3) is 1.91. The van der Waals surface area contributed by atoms with Crippen LogP contribution in [0.4, 0.5) is 4.39 Å². The second kappa shape index (κ2) is 3.63. The molecule has 0 aliphatic rings. The Kier molecular flexibility index (Phi) is 2.74. The Morgan fingerprint density at radius 3 is 2.38 bits per heavy atom. The SMILES string of the molecule is COc1c(O)cc(B(O)O)cc1F. The molecule has 0 saturated heterocycles. The molecule has 13 heavy (non-hydrogen) atoms. The number of methoxy groups -OCH3 is 1. The molecule has 4 nitrogen and oxygen atoms in total. The zero-order valence-corrected chi connectivity index (χ0v) is 6.86. The van der Waals surface area contributed by atoms with E-state index in [1.54, 1.807) is 0 Å². The molecule has 0 aliphatic carbocycles. The summed E-state index contributed by atoms with van der Waals surface area (Å²) in [4.78, 5) is 0. The van der Waals surface area contributed by atoms with Gasteiger partial charge in [0.05, 0.1) is 7.11 Å². The lowest BCUT2D eigenvalue weighted by atomic mass is 9.80. The molecule has 0 fully saturated rings. The normalized spacial score (nSPS) is 9.85. The number of hydrogen-bond donors (Lipinski definition) is 3. The van der Waals surface area contributed by atoms with E-state index >= 15 is 0 Å². The lowest BCUT2D eigenvalue weighted by molar-refractivity contribution is 0.351. The third-order valence-electron chi connectivity index (χ3n) is 1.55. The van der Waals surface area contributed by atoms with Gasteiger partial charge in [0, 0.05) is 0 Å². The minimum Gasteiger partial charge on any atom is -0.504 e. The number of aromatic hydroxyl groups is 1. The monoisotopic (exact) mass is 186 g/mol. The molecule has 6 heteroatoms. The Hall–Kier alpha value is -1.27. The topological polar surface area (TPSA) is 69.9 Å². The van der Waals surface area contributed by atoms with Crippen molar-refractivity contribution in [1.29, 1.82) is 0 Å². The van der Waals surface area contributed by atoms with E-state index in [0.717, 1.165) is 12.1 Å². The maximum atomic E-state index is 13.0. The molecule has 0 saturated carbocycles. The van der Waals surface area contributed by atoms with Crippen LogP contribution in [0.5, 0.6) is 11.5 Å². The maximum Gasteiger partial charge on any atom is 0.488 e. The van der Waals surface area contributed by atoms with Crippen LogP contribution >= 0.6 is 0 Å². The van der Waals surface area contributed by atoms with Crippen LogP contribution in [-0.2, 0) is 0 Å². The van der Waals surface area contributed by atoms with Crippen molar-refractivity contribution in [3.63, 3.8) is 0 Å². The number of phenols is 1. The van der Waals surface area contributed by atoms with Gasteiger partial charge in [0.1, 0.15) is 0 Å². The first-order valence-corrected chi connectivity index (χ1v) is 3.48. The van der Waals surface area contributed by atoms with Gasteiger partial charge in [-0.3, -0.25) is 0 Å². The minimum absolute atomic E-state index is 0.129. The standard InChI is InChI=1S/C7H8BFO4/c1-13-7-5(9)2-4(8(11)12)3-6(7)10/h2-3,10-12H,1H3. The Bertz CT molecular complexity index is 292. The van der Waals surface area contributed by atoms with Gasteiger partial charge in [0.15, 0.2) is 17.3 Å². The molecule has 0 amide bonds. The van der Waals surface area contributed by atoms with Gasteiger partial charge in [0.2, 0.25) is 0 Å². The molecule has 0 bridgehead atoms. The zero-order valence-electron chi connectivity index (χ0n) is 6.86. The van der Waals surface area contributed by atoms with Crippen molar-refractivity contribution < 1.29 is 24.3 Å². The highest BCUT2D eigenvalue weighted by Crippen LogP contribution is 2.26. The molecule has 3 N–H and O–H groups in total. The van der Waals surface area contributed by atoms with Crippen molar-refractivity contribution in [2.45, 2.75) is 0 Å². The predicted octanol–water partition coefficient (Wildman–Crippen LogP) is -0.780. The first kappa shape index (κ1) is 9.82. The average molecular weight is 186 g/mol. The molecule has 0 heterocycles. The lowest BCUT2D eigenvalue weighted by Gasteiger charge is -2.06. The number of rotatable bonds is 2. The largest absolute Gasteiger partial charge is 0.504 e. The van der Waals surface area contributed by atoms with Gasteiger partial charge in [-0.15, -0.1) is 0 Å². The van der Waals surface area contributed by atoms with Gasteiger partial charge < -0.3 is 19.9 Å². The summed E-state index contributed by atoms with van der Waals surface area (Å²) in [6.07, 6.45) is 0. The first-order chi connectivity index (χ1) is 6.06. The van der Waals surface area contributed by atoms with E-state index in [0.29, 0.717) is 0 Å². The molecule has 0 atom stereocenters. The summed E-state index contributed by atoms with van der Waals surface area (Å²) in [5, 5.41) is 26.5. The van der Waals surface area contributed by atoms with Gasteiger partial charge >= 0.3 is 7.12 Å². The quantitative estimate of drug-likeness (QED) is 0.530. The fourth-order valence-corrected chi connectivity index (χ4v) is 0.950. The van der Waals surface area contributed by atoms with Crippen LogP contribution in [0.3, 0.4) is 0 Å². The van der Waals surface area contributed by atoms with E-state index in [1.807, 2.05) is 0 Å². The van der Waals surface area contributed by atoms with Crippen molar-refractivity contribution in [2.24, 2.45) is 0 Å². The van der Waals surface area contributed by atoms with Gasteiger partial charge in [-0.1, -0.05) is 0 Å². The highest BCUT2D eigenvalue weighted by Gasteiger charge is 2.17. The molecule has 0 radical (unpaired) electrons. The molecular formula is C7H8BFO4. The highest BCUT2D eigenvalue weighted by atomic mass is 19.1. The summed E-state index contributed by atoms with van der Waals surface area (Å²) in [5.41, 5.74) is -0.129. The molecule has 1 aromatic carbocycles. The van der Waals surface area contributed by atoms with E-state index in [4.69, 9.17) is 15.2 Å². The Balaban J connectivity index is 3.20. The molecule has 0 aromatic heterocycles. The summed E-state index contributed by atoms with van der Waals surface area (Å²) in [6, 6.07) is 1.90. The van der Waals surface area contributed by atoms with Crippen molar-refractivity contribution in [2.75, 3.05) is 7.11 Å². The van der Waals surface area contributed by atoms with Crippen LogP contribution < -0.4 is 10.2 Å². The number of phenolic OH excluding ortho intramolecular Hbond substituents is 1. The summed E-state index contributed by atoms with van der Waals surface area (Å²) >= 11 is 0. The van der Waals surface area contributed by atoms with Crippen molar-refractivity contribution in [1.82, 2.24) is 0 Å². The highest BCUT2D eigenvalue weighted by molar-refractivity contribution is 6.58. The Morgan fingerprint density at radius 1 is 1.38 bits per heavy atom. The summed E-state index contributed by atoms with van der Waals surface area (Å²) in [7, 11) is -0.612. The fourth-order valence-electron chi connectivity index (χ4n) is 0.950. The molecule has 0 aliphatic heterocycles. The van der Waals surface area contributed by atoms with Gasteiger partial charge in [-0.2, -0.15) is 0 Å². The summed E-state index contributed by atoms with van der Waals surface area (Å²) in [5.74, 6) is -1.62. The smallest absolute Gasteiger partial charge is 0.488 e. The maximum absolute atomic E-state index is 13.0. The summed E-state index contributed by atoms with van der Waals surface area (Å²) in [6.45, 7) is 0. The molecule has 1 aromatic rings. The minimum atomic E-state index is -1.81. The Morgan fingerprint density at radius 2 is 2.00 bits per heavy atom. The van der Waals surface area contributed by atoms with Gasteiger partial charge in [-0.25, -0.2) is 4.39 Å². The average Bonchev–Trinajstić information content (AvgIpc) is 2.03. The number of benzene rings is 1. The van der Waals surface area contributed by atoms with Crippen LogP contribution in [-0.4, -0.2) is 29.4 Å². The number of ether oxygens (including phenoxy) is 1. The molecule has 0 unspecified atom stereocenters. The first-order valence-electron chi connectivity index (χ1n) is 3.48. The van der Waals surface area contributed by atoms with E-state index in [1.165, 1.54) is 7.11 Å². The van der Waals surface area contributed by atoms with E-state index < -0.39 is 18.7 Å². The van der Waals surface area contributed by atoms with Crippen molar-refractivity contribution in [3.8, 4) is 11.5 Å². The van der Waals surface area contributed by atoms with Crippen LogP contribution in [0.25, 0.3) is 0 Å². The molecular weight excluding hydrogens is 178 g/mol. The van der Waals surface area contributed by atoms with Crippen LogP contribution in [0.1, 0.15) is 0 Å².